The molecule has 3 heteroatoms. The predicted octanol–water partition coefficient (Wildman–Crippen LogP) is 1.96. The molecule has 1 N–H and O–H groups in total. The molecule has 1 aromatic heterocycles. The maximum atomic E-state index is 4.36. The van der Waals surface area contributed by atoms with Crippen LogP contribution in [0, 0.1) is 0 Å². The van der Waals surface area contributed by atoms with Crippen molar-refractivity contribution < 1.29 is 0 Å². The lowest BCUT2D eigenvalue weighted by atomic mass is 10.2. The van der Waals surface area contributed by atoms with E-state index in [1.807, 2.05) is 6.20 Å². The third-order valence-corrected chi connectivity index (χ3v) is 2.41. The van der Waals surface area contributed by atoms with Gasteiger partial charge in [0, 0.05) is 24.3 Å². The molecule has 0 fully saturated rings. The topological polar surface area (TPSA) is 29.9 Å². The molecule has 80 valence electrons. The standard InChI is InChI=1S/C11H21N3/c1-4-7-12-8-10-9-13-14(6-3)11(10)5-2/h9,12H,4-8H2,1-3H3. The quantitative estimate of drug-likeness (QED) is 0.703. The smallest absolute Gasteiger partial charge is 0.0537 e. The van der Waals surface area contributed by atoms with Crippen molar-refractivity contribution in [3.05, 3.63) is 17.5 Å². The van der Waals surface area contributed by atoms with Gasteiger partial charge in [0.15, 0.2) is 0 Å². The summed E-state index contributed by atoms with van der Waals surface area (Å²) in [5.41, 5.74) is 2.72. The van der Waals surface area contributed by atoms with Gasteiger partial charge in [0.1, 0.15) is 0 Å². The molecule has 0 aliphatic heterocycles. The molecule has 0 aliphatic carbocycles. The molecule has 3 nitrogen and oxygen atoms in total. The lowest BCUT2D eigenvalue weighted by Gasteiger charge is -2.05. The van der Waals surface area contributed by atoms with Crippen LogP contribution in [-0.4, -0.2) is 16.3 Å². The molecule has 0 amide bonds. The molecular formula is C11H21N3. The van der Waals surface area contributed by atoms with Crippen molar-refractivity contribution >= 4 is 0 Å². The van der Waals surface area contributed by atoms with Crippen molar-refractivity contribution in [2.24, 2.45) is 0 Å². The summed E-state index contributed by atoms with van der Waals surface area (Å²) in [6.45, 7) is 9.51. The molecule has 0 spiro atoms. The molecule has 0 aliphatic rings. The van der Waals surface area contributed by atoms with Crippen LogP contribution in [-0.2, 0) is 19.5 Å². The Labute approximate surface area is 86.5 Å². The van der Waals surface area contributed by atoms with E-state index in [0.717, 1.165) is 26.1 Å². The zero-order valence-electron chi connectivity index (χ0n) is 9.51. The van der Waals surface area contributed by atoms with Crippen LogP contribution >= 0.6 is 0 Å². The van der Waals surface area contributed by atoms with Crippen molar-refractivity contribution in [2.45, 2.75) is 46.7 Å². The molecule has 1 rings (SSSR count). The Morgan fingerprint density at radius 1 is 1.36 bits per heavy atom. The van der Waals surface area contributed by atoms with E-state index in [-0.39, 0.29) is 0 Å². The lowest BCUT2D eigenvalue weighted by molar-refractivity contribution is 0.618. The fraction of sp³-hybridized carbons (Fsp3) is 0.727. The van der Waals surface area contributed by atoms with E-state index in [1.54, 1.807) is 0 Å². The van der Waals surface area contributed by atoms with Gasteiger partial charge in [0.25, 0.3) is 0 Å². The third-order valence-electron chi connectivity index (χ3n) is 2.41. The maximum Gasteiger partial charge on any atom is 0.0537 e. The van der Waals surface area contributed by atoms with Gasteiger partial charge in [-0.2, -0.15) is 5.10 Å². The summed E-state index contributed by atoms with van der Waals surface area (Å²) in [6, 6.07) is 0. The van der Waals surface area contributed by atoms with E-state index >= 15 is 0 Å². The highest BCUT2D eigenvalue weighted by Gasteiger charge is 2.06. The Morgan fingerprint density at radius 2 is 2.14 bits per heavy atom. The molecule has 0 radical (unpaired) electrons. The van der Waals surface area contributed by atoms with Crippen LogP contribution in [0.1, 0.15) is 38.4 Å². The van der Waals surface area contributed by atoms with E-state index < -0.39 is 0 Å². The van der Waals surface area contributed by atoms with Crippen LogP contribution in [0.15, 0.2) is 6.20 Å². The molecule has 1 aromatic rings. The third kappa shape index (κ3) is 2.58. The molecule has 0 saturated heterocycles. The first-order valence-electron chi connectivity index (χ1n) is 5.57. The predicted molar refractivity (Wildman–Crippen MR) is 59.3 cm³/mol. The number of nitrogens with one attached hydrogen (secondary N) is 1. The molecule has 1 heterocycles. The maximum absolute atomic E-state index is 4.36. The van der Waals surface area contributed by atoms with Crippen molar-refractivity contribution in [3.63, 3.8) is 0 Å². The second-order valence-electron chi connectivity index (χ2n) is 3.46. The monoisotopic (exact) mass is 195 g/mol. The number of hydrogen-bond acceptors (Lipinski definition) is 2. The highest BCUT2D eigenvalue weighted by molar-refractivity contribution is 5.17. The number of hydrogen-bond donors (Lipinski definition) is 1. The Balaban J connectivity index is 2.61. The summed E-state index contributed by atoms with van der Waals surface area (Å²) < 4.78 is 2.09. The van der Waals surface area contributed by atoms with Crippen molar-refractivity contribution in [2.75, 3.05) is 6.54 Å². The summed E-state index contributed by atoms with van der Waals surface area (Å²) in [6.07, 6.45) is 4.24. The van der Waals surface area contributed by atoms with Crippen LogP contribution in [0.25, 0.3) is 0 Å². The first-order valence-corrected chi connectivity index (χ1v) is 5.57. The molecular weight excluding hydrogens is 174 g/mol. The Morgan fingerprint density at radius 3 is 2.71 bits per heavy atom. The fourth-order valence-electron chi connectivity index (χ4n) is 1.68. The Hall–Kier alpha value is -0.830. The number of aryl methyl sites for hydroxylation is 1. The summed E-state index contributed by atoms with van der Waals surface area (Å²) in [7, 11) is 0. The van der Waals surface area contributed by atoms with Gasteiger partial charge in [-0.1, -0.05) is 13.8 Å². The van der Waals surface area contributed by atoms with Crippen molar-refractivity contribution in [3.8, 4) is 0 Å². The minimum atomic E-state index is 0.955. The van der Waals surface area contributed by atoms with Crippen LogP contribution < -0.4 is 5.32 Å². The number of nitrogens with zero attached hydrogens (tertiary/aromatic N) is 2. The van der Waals surface area contributed by atoms with E-state index in [1.165, 1.54) is 17.7 Å². The second kappa shape index (κ2) is 5.81. The van der Waals surface area contributed by atoms with Crippen LogP contribution in [0.2, 0.25) is 0 Å². The minimum Gasteiger partial charge on any atom is -0.313 e. The van der Waals surface area contributed by atoms with Gasteiger partial charge in [-0.05, 0) is 26.3 Å². The van der Waals surface area contributed by atoms with Gasteiger partial charge < -0.3 is 5.32 Å². The van der Waals surface area contributed by atoms with Gasteiger partial charge in [-0.25, -0.2) is 0 Å². The van der Waals surface area contributed by atoms with E-state index in [9.17, 15) is 0 Å². The first-order chi connectivity index (χ1) is 6.83. The Bertz CT molecular complexity index is 265. The van der Waals surface area contributed by atoms with Crippen LogP contribution in [0.4, 0.5) is 0 Å². The largest absolute Gasteiger partial charge is 0.313 e. The van der Waals surface area contributed by atoms with Crippen LogP contribution in [0.5, 0.6) is 0 Å². The van der Waals surface area contributed by atoms with E-state index in [0.29, 0.717) is 0 Å². The van der Waals surface area contributed by atoms with Crippen molar-refractivity contribution in [1.29, 1.82) is 0 Å². The Kier molecular flexibility index (Phi) is 4.66. The van der Waals surface area contributed by atoms with E-state index in [4.69, 9.17) is 0 Å². The minimum absolute atomic E-state index is 0.955. The van der Waals surface area contributed by atoms with Crippen LogP contribution in [0.3, 0.4) is 0 Å². The lowest BCUT2D eigenvalue weighted by Crippen LogP contribution is -2.15. The zero-order valence-corrected chi connectivity index (χ0v) is 9.51. The van der Waals surface area contributed by atoms with Gasteiger partial charge in [-0.15, -0.1) is 0 Å². The summed E-state index contributed by atoms with van der Waals surface area (Å²) in [5, 5.41) is 7.77. The summed E-state index contributed by atoms with van der Waals surface area (Å²) in [5.74, 6) is 0. The molecule has 14 heavy (non-hydrogen) atoms. The number of aromatic nitrogens is 2. The van der Waals surface area contributed by atoms with Crippen molar-refractivity contribution in [1.82, 2.24) is 15.1 Å². The SMILES string of the molecule is CCCNCc1cnn(CC)c1CC. The first kappa shape index (κ1) is 11.2. The number of rotatable bonds is 6. The molecule has 0 aromatic carbocycles. The normalized spacial score (nSPS) is 10.8. The van der Waals surface area contributed by atoms with Gasteiger partial charge in [0.05, 0.1) is 6.20 Å². The van der Waals surface area contributed by atoms with Gasteiger partial charge in [0.2, 0.25) is 0 Å². The van der Waals surface area contributed by atoms with Gasteiger partial charge in [-0.3, -0.25) is 4.68 Å². The highest BCUT2D eigenvalue weighted by Crippen LogP contribution is 2.09. The molecule has 0 bridgehead atoms. The second-order valence-corrected chi connectivity index (χ2v) is 3.46. The summed E-state index contributed by atoms with van der Waals surface area (Å²) in [4.78, 5) is 0. The molecule has 0 unspecified atom stereocenters. The highest BCUT2D eigenvalue weighted by atomic mass is 15.3. The summed E-state index contributed by atoms with van der Waals surface area (Å²) >= 11 is 0. The average molecular weight is 195 g/mol. The molecule has 0 atom stereocenters. The average Bonchev–Trinajstić information content (AvgIpc) is 2.60. The molecule has 0 saturated carbocycles. The van der Waals surface area contributed by atoms with E-state index in [2.05, 4.69) is 35.9 Å². The zero-order chi connectivity index (χ0) is 10.4. The fourth-order valence-corrected chi connectivity index (χ4v) is 1.68. The van der Waals surface area contributed by atoms with Gasteiger partial charge >= 0.3 is 0 Å².